The highest BCUT2D eigenvalue weighted by Crippen LogP contribution is 2.16. The van der Waals surface area contributed by atoms with Gasteiger partial charge in [0, 0.05) is 17.8 Å². The average Bonchev–Trinajstić information content (AvgIpc) is 2.89. The largest absolute Gasteiger partial charge is 0.366 e. The first-order valence-corrected chi connectivity index (χ1v) is 6.00. The Morgan fingerprint density at radius 2 is 1.90 bits per heavy atom. The molecule has 1 N–H and O–H groups in total. The molecule has 7 heteroatoms. The maximum absolute atomic E-state index is 10.6. The van der Waals surface area contributed by atoms with Crippen LogP contribution in [0.25, 0.3) is 11.0 Å². The molecule has 1 aromatic heterocycles. The zero-order valence-electron chi connectivity index (χ0n) is 10.4. The third-order valence-electron chi connectivity index (χ3n) is 2.93. The van der Waals surface area contributed by atoms with Gasteiger partial charge in [0.05, 0.1) is 10.4 Å². The topological polar surface area (TPSA) is 85.9 Å². The molecule has 20 heavy (non-hydrogen) atoms. The molecule has 3 rings (SSSR count). The number of fused-ring (bicyclic) bond motifs is 1. The van der Waals surface area contributed by atoms with Gasteiger partial charge in [0.2, 0.25) is 0 Å². The summed E-state index contributed by atoms with van der Waals surface area (Å²) in [5, 5.41) is 21.8. The Morgan fingerprint density at radius 1 is 1.15 bits per heavy atom. The molecule has 0 aliphatic rings. The Morgan fingerprint density at radius 3 is 2.65 bits per heavy atom. The highest BCUT2D eigenvalue weighted by molar-refractivity contribution is 5.73. The lowest BCUT2D eigenvalue weighted by Crippen LogP contribution is -2.09. The molecule has 0 saturated heterocycles. The van der Waals surface area contributed by atoms with Gasteiger partial charge < -0.3 is 5.32 Å². The van der Waals surface area contributed by atoms with Gasteiger partial charge in [0.15, 0.2) is 0 Å². The third-order valence-corrected chi connectivity index (χ3v) is 2.93. The van der Waals surface area contributed by atoms with Crippen LogP contribution in [0.4, 0.5) is 11.4 Å². The number of nitrogens with one attached hydrogen (secondary N) is 1. The number of nitrogens with zero attached hydrogens (tertiary/aromatic N) is 4. The molecule has 1 heterocycles. The Balaban J connectivity index is 1.74. The SMILES string of the molecule is O=[N+]([O-])c1ccc(NCn2nnc3ccccc32)cc1. The lowest BCUT2D eigenvalue weighted by Gasteiger charge is -2.06. The second-order valence-electron chi connectivity index (χ2n) is 4.22. The summed E-state index contributed by atoms with van der Waals surface area (Å²) in [5.74, 6) is 0. The average molecular weight is 269 g/mol. The van der Waals surface area contributed by atoms with Gasteiger partial charge >= 0.3 is 0 Å². The summed E-state index contributed by atoms with van der Waals surface area (Å²) >= 11 is 0. The molecule has 0 radical (unpaired) electrons. The van der Waals surface area contributed by atoms with Crippen molar-refractivity contribution in [2.24, 2.45) is 0 Å². The molecule has 3 aromatic rings. The van der Waals surface area contributed by atoms with Crippen LogP contribution in [0.2, 0.25) is 0 Å². The van der Waals surface area contributed by atoms with E-state index in [1.165, 1.54) is 12.1 Å². The fraction of sp³-hybridized carbons (Fsp3) is 0.0769. The van der Waals surface area contributed by atoms with Crippen molar-refractivity contribution in [2.45, 2.75) is 6.67 Å². The zero-order chi connectivity index (χ0) is 13.9. The number of hydrogen-bond donors (Lipinski definition) is 1. The maximum atomic E-state index is 10.6. The molecular formula is C13H11N5O2. The van der Waals surface area contributed by atoms with Crippen molar-refractivity contribution in [3.8, 4) is 0 Å². The lowest BCUT2D eigenvalue weighted by atomic mass is 10.3. The summed E-state index contributed by atoms with van der Waals surface area (Å²) in [6.07, 6.45) is 0. The van der Waals surface area contributed by atoms with Gasteiger partial charge in [-0.15, -0.1) is 5.10 Å². The number of nitro benzene ring substituents is 1. The summed E-state index contributed by atoms with van der Waals surface area (Å²) in [4.78, 5) is 10.1. The van der Waals surface area contributed by atoms with Crippen molar-refractivity contribution < 1.29 is 4.92 Å². The lowest BCUT2D eigenvalue weighted by molar-refractivity contribution is -0.384. The van der Waals surface area contributed by atoms with Crippen LogP contribution in [0.5, 0.6) is 0 Å². The first kappa shape index (κ1) is 12.1. The number of aromatic nitrogens is 3. The van der Waals surface area contributed by atoms with Crippen LogP contribution in [0, 0.1) is 10.1 Å². The molecule has 0 saturated carbocycles. The molecule has 0 amide bonds. The molecular weight excluding hydrogens is 258 g/mol. The minimum absolute atomic E-state index is 0.0711. The minimum atomic E-state index is -0.422. The van der Waals surface area contributed by atoms with E-state index in [1.807, 2.05) is 24.3 Å². The predicted molar refractivity (Wildman–Crippen MR) is 74.2 cm³/mol. The standard InChI is InChI=1S/C13H11N5O2/c19-18(20)11-7-5-10(6-8-11)14-9-17-13-4-2-1-3-12(13)15-16-17/h1-8,14H,9H2. The van der Waals surface area contributed by atoms with E-state index in [2.05, 4.69) is 15.6 Å². The first-order valence-electron chi connectivity index (χ1n) is 6.00. The van der Waals surface area contributed by atoms with Crippen LogP contribution in [0.3, 0.4) is 0 Å². The molecule has 0 unspecified atom stereocenters. The van der Waals surface area contributed by atoms with Crippen molar-refractivity contribution in [1.29, 1.82) is 0 Å². The smallest absolute Gasteiger partial charge is 0.269 e. The van der Waals surface area contributed by atoms with E-state index in [4.69, 9.17) is 0 Å². The quantitative estimate of drug-likeness (QED) is 0.580. The van der Waals surface area contributed by atoms with E-state index in [0.29, 0.717) is 6.67 Å². The minimum Gasteiger partial charge on any atom is -0.366 e. The fourth-order valence-corrected chi connectivity index (χ4v) is 1.90. The van der Waals surface area contributed by atoms with E-state index in [0.717, 1.165) is 16.7 Å². The van der Waals surface area contributed by atoms with Gasteiger partial charge in [-0.3, -0.25) is 10.1 Å². The van der Waals surface area contributed by atoms with Crippen molar-refractivity contribution in [2.75, 3.05) is 5.32 Å². The predicted octanol–water partition coefficient (Wildman–Crippen LogP) is 2.41. The van der Waals surface area contributed by atoms with Crippen molar-refractivity contribution >= 4 is 22.4 Å². The number of non-ortho nitro benzene ring substituents is 1. The highest BCUT2D eigenvalue weighted by atomic mass is 16.6. The molecule has 0 aliphatic carbocycles. The summed E-state index contributed by atoms with van der Waals surface area (Å²) in [6, 6.07) is 13.9. The van der Waals surface area contributed by atoms with E-state index in [-0.39, 0.29) is 5.69 Å². The van der Waals surface area contributed by atoms with E-state index in [9.17, 15) is 10.1 Å². The van der Waals surface area contributed by atoms with Crippen LogP contribution in [0.1, 0.15) is 0 Å². The molecule has 100 valence electrons. The van der Waals surface area contributed by atoms with Crippen LogP contribution in [-0.2, 0) is 6.67 Å². The maximum Gasteiger partial charge on any atom is 0.269 e. The number of para-hydroxylation sites is 1. The molecule has 0 bridgehead atoms. The van der Waals surface area contributed by atoms with Crippen molar-refractivity contribution in [3.63, 3.8) is 0 Å². The molecule has 0 atom stereocenters. The van der Waals surface area contributed by atoms with Gasteiger partial charge in [-0.05, 0) is 24.3 Å². The van der Waals surface area contributed by atoms with E-state index < -0.39 is 4.92 Å². The van der Waals surface area contributed by atoms with Crippen LogP contribution >= 0.6 is 0 Å². The number of benzene rings is 2. The molecule has 7 nitrogen and oxygen atoms in total. The molecule has 0 fully saturated rings. The summed E-state index contributed by atoms with van der Waals surface area (Å²) in [5.41, 5.74) is 2.62. The second-order valence-corrected chi connectivity index (χ2v) is 4.22. The van der Waals surface area contributed by atoms with Crippen LogP contribution in [-0.4, -0.2) is 19.9 Å². The van der Waals surface area contributed by atoms with Crippen molar-refractivity contribution in [1.82, 2.24) is 15.0 Å². The number of nitro groups is 1. The summed E-state index contributed by atoms with van der Waals surface area (Å²) in [6.45, 7) is 0.443. The van der Waals surface area contributed by atoms with E-state index >= 15 is 0 Å². The Bertz CT molecular complexity index is 751. The summed E-state index contributed by atoms with van der Waals surface area (Å²) in [7, 11) is 0. The Labute approximate surface area is 114 Å². The molecule has 0 spiro atoms. The Kier molecular flexibility index (Phi) is 3.00. The highest BCUT2D eigenvalue weighted by Gasteiger charge is 2.05. The second kappa shape index (κ2) is 4.96. The van der Waals surface area contributed by atoms with Gasteiger partial charge in [0.25, 0.3) is 5.69 Å². The number of hydrogen-bond acceptors (Lipinski definition) is 5. The van der Waals surface area contributed by atoms with Crippen LogP contribution in [0.15, 0.2) is 48.5 Å². The normalized spacial score (nSPS) is 10.6. The monoisotopic (exact) mass is 269 g/mol. The van der Waals surface area contributed by atoms with Crippen molar-refractivity contribution in [3.05, 3.63) is 58.6 Å². The van der Waals surface area contributed by atoms with Crippen LogP contribution < -0.4 is 5.32 Å². The van der Waals surface area contributed by atoms with Gasteiger partial charge in [0.1, 0.15) is 12.2 Å². The third kappa shape index (κ3) is 2.28. The van der Waals surface area contributed by atoms with Gasteiger partial charge in [-0.25, -0.2) is 4.68 Å². The Hall–Kier alpha value is -2.96. The van der Waals surface area contributed by atoms with E-state index in [1.54, 1.807) is 16.8 Å². The number of rotatable bonds is 4. The molecule has 2 aromatic carbocycles. The first-order chi connectivity index (χ1) is 9.74. The zero-order valence-corrected chi connectivity index (χ0v) is 10.4. The number of anilines is 1. The molecule has 0 aliphatic heterocycles. The van der Waals surface area contributed by atoms with Gasteiger partial charge in [-0.1, -0.05) is 17.3 Å². The fourth-order valence-electron chi connectivity index (χ4n) is 1.90. The van der Waals surface area contributed by atoms with Gasteiger partial charge in [-0.2, -0.15) is 0 Å². The summed E-state index contributed by atoms with van der Waals surface area (Å²) < 4.78 is 1.73.